The van der Waals surface area contributed by atoms with Gasteiger partial charge in [-0.15, -0.1) is 0 Å². The summed E-state index contributed by atoms with van der Waals surface area (Å²) in [5, 5.41) is 46.8. The van der Waals surface area contributed by atoms with Crippen LogP contribution in [0, 0.1) is 20.2 Å². The molecule has 0 radical (unpaired) electrons. The zero-order valence-corrected chi connectivity index (χ0v) is 10.6. The number of hydrogen-bond acceptors (Lipinski definition) is 8. The Bertz CT molecular complexity index is 581. The van der Waals surface area contributed by atoms with Gasteiger partial charge >= 0.3 is 11.4 Å². The molecule has 114 valence electrons. The van der Waals surface area contributed by atoms with Gasteiger partial charge in [0.25, 0.3) is 0 Å². The molecular weight excluding hydrogens is 288 g/mol. The predicted octanol–water partition coefficient (Wildman–Crippen LogP) is -0.538. The van der Waals surface area contributed by atoms with Gasteiger partial charge in [-0.3, -0.25) is 30.0 Å². The third-order valence-electron chi connectivity index (χ3n) is 2.13. The topological polar surface area (TPSA) is 173 Å². The average Bonchev–Trinajstić information content (AvgIpc) is 3.10. The van der Waals surface area contributed by atoms with Crippen molar-refractivity contribution in [3.8, 4) is 0 Å². The molecule has 21 heavy (non-hydrogen) atoms. The summed E-state index contributed by atoms with van der Waals surface area (Å²) in [6.07, 6.45) is 3.71. The van der Waals surface area contributed by atoms with Crippen molar-refractivity contribution in [3.05, 3.63) is 45.0 Å². The molecule has 0 fully saturated rings. The quantitative estimate of drug-likeness (QED) is 0.487. The van der Waals surface area contributed by atoms with Crippen molar-refractivity contribution >= 4 is 11.4 Å². The molecule has 0 saturated heterocycles. The molecular formula is C9H12N6O6. The number of hydrogen-bond donors (Lipinski definition) is 3. The molecule has 0 saturated carbocycles. The van der Waals surface area contributed by atoms with E-state index in [1.54, 1.807) is 0 Å². The van der Waals surface area contributed by atoms with Crippen LogP contribution in [0.3, 0.4) is 0 Å². The first-order valence-electron chi connectivity index (χ1n) is 5.53. The van der Waals surface area contributed by atoms with Crippen LogP contribution in [0.4, 0.5) is 11.4 Å². The zero-order valence-electron chi connectivity index (χ0n) is 10.6. The van der Waals surface area contributed by atoms with E-state index in [0.717, 1.165) is 12.4 Å². The van der Waals surface area contributed by atoms with Gasteiger partial charge in [-0.1, -0.05) is 0 Å². The normalized spacial score (nSPS) is 11.3. The first-order chi connectivity index (χ1) is 9.93. The maximum absolute atomic E-state index is 10.2. The Morgan fingerprint density at radius 1 is 1.29 bits per heavy atom. The van der Waals surface area contributed by atoms with Crippen LogP contribution in [-0.4, -0.2) is 52.7 Å². The Morgan fingerprint density at radius 3 is 2.33 bits per heavy atom. The maximum atomic E-state index is 10.2. The fraction of sp³-hybridized carbons (Fsp3) is 0.333. The van der Waals surface area contributed by atoms with Crippen molar-refractivity contribution in [3.63, 3.8) is 0 Å². The van der Waals surface area contributed by atoms with Crippen molar-refractivity contribution in [2.24, 2.45) is 0 Å². The van der Waals surface area contributed by atoms with Gasteiger partial charge in [0.1, 0.15) is 18.6 Å². The fourth-order valence-corrected chi connectivity index (χ4v) is 1.16. The summed E-state index contributed by atoms with van der Waals surface area (Å²) in [6, 6.07) is 0. The van der Waals surface area contributed by atoms with Crippen molar-refractivity contribution < 1.29 is 20.1 Å². The lowest BCUT2D eigenvalue weighted by atomic mass is 10.4. The first-order valence-corrected chi connectivity index (χ1v) is 5.53. The Balaban J connectivity index is 0.000000235. The molecule has 12 heteroatoms. The average molecular weight is 300 g/mol. The van der Waals surface area contributed by atoms with Crippen molar-refractivity contribution in [2.45, 2.75) is 12.6 Å². The van der Waals surface area contributed by atoms with Crippen LogP contribution in [0.1, 0.15) is 0 Å². The molecule has 2 aromatic rings. The number of aromatic amines is 1. The van der Waals surface area contributed by atoms with Crippen LogP contribution >= 0.6 is 0 Å². The Labute approximate surface area is 116 Å². The molecule has 3 N–H and O–H groups in total. The largest absolute Gasteiger partial charge is 0.394 e. The van der Waals surface area contributed by atoms with Gasteiger partial charge in [0.2, 0.25) is 0 Å². The lowest BCUT2D eigenvalue weighted by molar-refractivity contribution is -0.385. The van der Waals surface area contributed by atoms with Crippen LogP contribution in [0.5, 0.6) is 0 Å². The minimum absolute atomic E-state index is 0.00926. The minimum atomic E-state index is -0.945. The molecule has 0 aliphatic rings. The van der Waals surface area contributed by atoms with E-state index in [9.17, 15) is 20.2 Å². The summed E-state index contributed by atoms with van der Waals surface area (Å²) in [7, 11) is 0. The second kappa shape index (κ2) is 7.66. The van der Waals surface area contributed by atoms with Gasteiger partial charge in [-0.2, -0.15) is 10.2 Å². The highest BCUT2D eigenvalue weighted by Crippen LogP contribution is 2.07. The third-order valence-corrected chi connectivity index (χ3v) is 2.13. The van der Waals surface area contributed by atoms with Crippen molar-refractivity contribution in [1.29, 1.82) is 0 Å². The van der Waals surface area contributed by atoms with E-state index in [4.69, 9.17) is 10.2 Å². The number of nitro groups is 2. The summed E-state index contributed by atoms with van der Waals surface area (Å²) < 4.78 is 1.21. The summed E-state index contributed by atoms with van der Waals surface area (Å²) in [5.74, 6) is 0. The number of nitrogens with zero attached hydrogens (tertiary/aromatic N) is 5. The third kappa shape index (κ3) is 5.33. The van der Waals surface area contributed by atoms with Crippen LogP contribution < -0.4 is 0 Å². The number of H-pyrrole nitrogens is 1. The number of nitrogens with one attached hydrogen (secondary N) is 1. The highest BCUT2D eigenvalue weighted by Gasteiger charge is 2.10. The number of aromatic nitrogens is 4. The summed E-state index contributed by atoms with van der Waals surface area (Å²) in [4.78, 5) is 18.9. The molecule has 0 bridgehead atoms. The Hall–Kier alpha value is -2.86. The molecule has 12 nitrogen and oxygen atoms in total. The molecule has 2 heterocycles. The fourth-order valence-electron chi connectivity index (χ4n) is 1.16. The van der Waals surface area contributed by atoms with Gasteiger partial charge in [0.05, 0.1) is 35.3 Å². The Kier molecular flexibility index (Phi) is 5.91. The molecule has 1 atom stereocenters. The summed E-state index contributed by atoms with van der Waals surface area (Å²) >= 11 is 0. The van der Waals surface area contributed by atoms with E-state index in [0.29, 0.717) is 0 Å². The van der Waals surface area contributed by atoms with Crippen LogP contribution in [-0.2, 0) is 6.54 Å². The number of aliphatic hydroxyl groups is 2. The van der Waals surface area contributed by atoms with E-state index in [2.05, 4.69) is 15.3 Å². The molecule has 0 spiro atoms. The van der Waals surface area contributed by atoms with E-state index in [1.165, 1.54) is 17.1 Å². The van der Waals surface area contributed by atoms with Gasteiger partial charge in [0, 0.05) is 0 Å². The lowest BCUT2D eigenvalue weighted by Crippen LogP contribution is -2.19. The highest BCUT2D eigenvalue weighted by atomic mass is 16.6. The lowest BCUT2D eigenvalue weighted by Gasteiger charge is -2.05. The van der Waals surface area contributed by atoms with Gasteiger partial charge in [-0.25, -0.2) is 0 Å². The summed E-state index contributed by atoms with van der Waals surface area (Å²) in [5.41, 5.74) is -0.143. The van der Waals surface area contributed by atoms with Crippen LogP contribution in [0.15, 0.2) is 24.8 Å². The molecule has 0 aliphatic carbocycles. The second-order valence-corrected chi connectivity index (χ2v) is 3.73. The molecule has 0 unspecified atom stereocenters. The monoisotopic (exact) mass is 300 g/mol. The smallest absolute Gasteiger partial charge is 0.306 e. The second-order valence-electron chi connectivity index (χ2n) is 3.73. The predicted molar refractivity (Wildman–Crippen MR) is 67.2 cm³/mol. The molecule has 0 aliphatic heterocycles. The Morgan fingerprint density at radius 2 is 1.95 bits per heavy atom. The number of rotatable bonds is 5. The van der Waals surface area contributed by atoms with Gasteiger partial charge < -0.3 is 10.2 Å². The van der Waals surface area contributed by atoms with E-state index in [-0.39, 0.29) is 17.9 Å². The summed E-state index contributed by atoms with van der Waals surface area (Å²) in [6.45, 7) is -0.349. The number of aliphatic hydroxyl groups excluding tert-OH is 2. The minimum Gasteiger partial charge on any atom is -0.394 e. The van der Waals surface area contributed by atoms with E-state index < -0.39 is 22.6 Å². The molecule has 0 amide bonds. The van der Waals surface area contributed by atoms with E-state index >= 15 is 0 Å². The highest BCUT2D eigenvalue weighted by molar-refractivity contribution is 5.20. The van der Waals surface area contributed by atoms with Crippen molar-refractivity contribution in [2.75, 3.05) is 6.61 Å². The van der Waals surface area contributed by atoms with Crippen molar-refractivity contribution in [1.82, 2.24) is 20.0 Å². The molecule has 2 aromatic heterocycles. The molecule has 2 rings (SSSR count). The zero-order chi connectivity index (χ0) is 15.8. The standard InChI is InChI=1S/C6H9N3O4.C3H3N3O2/c10-4-6(11)3-8-2-5(1-7-8)9(12)13;7-6(8)3-1-4-5-2-3/h1-2,6,10-11H,3-4H2;1-2H,(H,4,5)/t6-;/m0./s1. The van der Waals surface area contributed by atoms with Gasteiger partial charge in [-0.05, 0) is 0 Å². The maximum Gasteiger partial charge on any atom is 0.306 e. The SMILES string of the molecule is O=[N+]([O-])c1cn[nH]c1.O=[N+]([O-])c1cnn(C[C@H](O)CO)c1. The van der Waals surface area contributed by atoms with Crippen LogP contribution in [0.2, 0.25) is 0 Å². The van der Waals surface area contributed by atoms with E-state index in [1.807, 2.05) is 0 Å². The van der Waals surface area contributed by atoms with Gasteiger partial charge in [0.15, 0.2) is 0 Å². The van der Waals surface area contributed by atoms with Crippen LogP contribution in [0.25, 0.3) is 0 Å². The molecule has 0 aromatic carbocycles. The first kappa shape index (κ1) is 16.2.